The molecule has 0 fully saturated rings. The van der Waals surface area contributed by atoms with E-state index in [2.05, 4.69) is 15.3 Å². The minimum Gasteiger partial charge on any atom is -0.481 e. The van der Waals surface area contributed by atoms with Crippen molar-refractivity contribution in [3.05, 3.63) is 47.8 Å². The van der Waals surface area contributed by atoms with Crippen LogP contribution >= 0.6 is 0 Å². The van der Waals surface area contributed by atoms with Crippen molar-refractivity contribution in [1.29, 1.82) is 0 Å². The summed E-state index contributed by atoms with van der Waals surface area (Å²) in [5.74, 6) is 1.39. The van der Waals surface area contributed by atoms with Crippen molar-refractivity contribution in [1.82, 2.24) is 9.97 Å². The zero-order valence-corrected chi connectivity index (χ0v) is 9.97. The topological polar surface area (TPSA) is 47.0 Å². The second-order valence-electron chi connectivity index (χ2n) is 3.69. The van der Waals surface area contributed by atoms with E-state index >= 15 is 0 Å². The molecule has 88 valence electrons. The quantitative estimate of drug-likeness (QED) is 0.874. The molecule has 0 aliphatic rings. The van der Waals surface area contributed by atoms with Gasteiger partial charge in [0.1, 0.15) is 5.82 Å². The van der Waals surface area contributed by atoms with Crippen LogP contribution in [0.1, 0.15) is 11.3 Å². The first-order chi connectivity index (χ1) is 8.29. The molecular formula is C13H15N3O. The van der Waals surface area contributed by atoms with E-state index in [1.807, 2.05) is 37.3 Å². The molecule has 2 rings (SSSR count). The molecule has 0 spiro atoms. The van der Waals surface area contributed by atoms with Crippen LogP contribution in [0, 0.1) is 6.92 Å². The number of ether oxygens (including phenoxy) is 1. The molecule has 4 heteroatoms. The molecular weight excluding hydrogens is 214 g/mol. The fourth-order valence-corrected chi connectivity index (χ4v) is 1.50. The summed E-state index contributed by atoms with van der Waals surface area (Å²) in [5.41, 5.74) is 2.19. The molecule has 4 nitrogen and oxygen atoms in total. The number of hydrogen-bond acceptors (Lipinski definition) is 4. The van der Waals surface area contributed by atoms with E-state index in [9.17, 15) is 0 Å². The van der Waals surface area contributed by atoms with Crippen LogP contribution in [0.15, 0.2) is 36.5 Å². The first-order valence-electron chi connectivity index (χ1n) is 5.45. The van der Waals surface area contributed by atoms with Gasteiger partial charge in [0.05, 0.1) is 19.3 Å². The number of pyridine rings is 2. The number of aromatic nitrogens is 2. The van der Waals surface area contributed by atoms with E-state index in [0.717, 1.165) is 11.5 Å². The maximum absolute atomic E-state index is 5.06. The van der Waals surface area contributed by atoms with E-state index in [1.54, 1.807) is 13.3 Å². The van der Waals surface area contributed by atoms with Crippen molar-refractivity contribution in [3.63, 3.8) is 0 Å². The maximum atomic E-state index is 5.06. The lowest BCUT2D eigenvalue weighted by Crippen LogP contribution is -2.05. The normalized spacial score (nSPS) is 10.0. The summed E-state index contributed by atoms with van der Waals surface area (Å²) in [6.45, 7) is 2.70. The first-order valence-corrected chi connectivity index (χ1v) is 5.45. The highest BCUT2D eigenvalue weighted by atomic mass is 16.5. The third-order valence-electron chi connectivity index (χ3n) is 2.49. The third kappa shape index (κ3) is 2.93. The lowest BCUT2D eigenvalue weighted by atomic mass is 10.2. The van der Waals surface area contributed by atoms with Gasteiger partial charge in [-0.25, -0.2) is 0 Å². The van der Waals surface area contributed by atoms with Crippen molar-refractivity contribution in [2.24, 2.45) is 0 Å². The lowest BCUT2D eigenvalue weighted by molar-refractivity contribution is 0.398. The Kier molecular flexibility index (Phi) is 3.55. The molecule has 2 aromatic heterocycles. The SMILES string of the molecule is COc1cccc(NCc2ncccc2C)n1. The summed E-state index contributed by atoms with van der Waals surface area (Å²) in [5, 5.41) is 3.22. The van der Waals surface area contributed by atoms with Crippen LogP contribution in [0.2, 0.25) is 0 Å². The Balaban J connectivity index is 2.05. The monoisotopic (exact) mass is 229 g/mol. The van der Waals surface area contributed by atoms with Crippen molar-refractivity contribution in [2.75, 3.05) is 12.4 Å². The average molecular weight is 229 g/mol. The summed E-state index contributed by atoms with van der Waals surface area (Å²) in [4.78, 5) is 8.59. The molecule has 17 heavy (non-hydrogen) atoms. The predicted octanol–water partition coefficient (Wildman–Crippen LogP) is 2.41. The van der Waals surface area contributed by atoms with Gasteiger partial charge in [-0.3, -0.25) is 4.98 Å². The molecule has 0 atom stereocenters. The van der Waals surface area contributed by atoms with E-state index in [-0.39, 0.29) is 0 Å². The Morgan fingerprint density at radius 3 is 2.88 bits per heavy atom. The fourth-order valence-electron chi connectivity index (χ4n) is 1.50. The molecule has 2 aromatic rings. The number of aryl methyl sites for hydroxylation is 1. The summed E-state index contributed by atoms with van der Waals surface area (Å²) in [7, 11) is 1.61. The van der Waals surface area contributed by atoms with Gasteiger partial charge >= 0.3 is 0 Å². The Labute approximate surface area is 101 Å². The molecule has 0 aliphatic carbocycles. The van der Waals surface area contributed by atoms with Crippen LogP contribution in [-0.2, 0) is 6.54 Å². The summed E-state index contributed by atoms with van der Waals surface area (Å²) in [6.07, 6.45) is 1.79. The molecule has 0 saturated heterocycles. The second-order valence-corrected chi connectivity index (χ2v) is 3.69. The fraction of sp³-hybridized carbons (Fsp3) is 0.231. The third-order valence-corrected chi connectivity index (χ3v) is 2.49. The van der Waals surface area contributed by atoms with Crippen LogP contribution in [0.25, 0.3) is 0 Å². The maximum Gasteiger partial charge on any atom is 0.214 e. The Hall–Kier alpha value is -2.10. The minimum absolute atomic E-state index is 0.604. The molecule has 0 aromatic carbocycles. The molecule has 0 unspecified atom stereocenters. The van der Waals surface area contributed by atoms with Crippen LogP contribution in [0.3, 0.4) is 0 Å². The van der Waals surface area contributed by atoms with Gasteiger partial charge in [0.2, 0.25) is 5.88 Å². The molecule has 0 saturated carbocycles. The molecule has 1 N–H and O–H groups in total. The molecule has 0 amide bonds. The number of nitrogens with zero attached hydrogens (tertiary/aromatic N) is 2. The number of nitrogens with one attached hydrogen (secondary N) is 1. The van der Waals surface area contributed by atoms with Crippen molar-refractivity contribution in [2.45, 2.75) is 13.5 Å². The summed E-state index contributed by atoms with van der Waals surface area (Å²) in [6, 6.07) is 9.60. The van der Waals surface area contributed by atoms with Gasteiger partial charge in [0.15, 0.2) is 0 Å². The van der Waals surface area contributed by atoms with Gasteiger partial charge in [-0.2, -0.15) is 4.98 Å². The molecule has 0 bridgehead atoms. The van der Waals surface area contributed by atoms with Crippen LogP contribution in [0.5, 0.6) is 5.88 Å². The molecule has 2 heterocycles. The predicted molar refractivity (Wildman–Crippen MR) is 67.1 cm³/mol. The number of anilines is 1. The summed E-state index contributed by atoms with van der Waals surface area (Å²) >= 11 is 0. The van der Waals surface area contributed by atoms with Crippen LogP contribution in [-0.4, -0.2) is 17.1 Å². The van der Waals surface area contributed by atoms with E-state index in [0.29, 0.717) is 12.4 Å². The van der Waals surface area contributed by atoms with Gasteiger partial charge < -0.3 is 10.1 Å². The Morgan fingerprint density at radius 2 is 2.12 bits per heavy atom. The zero-order valence-electron chi connectivity index (χ0n) is 9.97. The standard InChI is InChI=1S/C13H15N3O/c1-10-5-4-8-14-11(10)9-15-12-6-3-7-13(16-12)17-2/h3-8H,9H2,1-2H3,(H,15,16). The highest BCUT2D eigenvalue weighted by molar-refractivity contribution is 5.38. The van der Waals surface area contributed by atoms with Crippen molar-refractivity contribution >= 4 is 5.82 Å². The van der Waals surface area contributed by atoms with Crippen LogP contribution < -0.4 is 10.1 Å². The highest BCUT2D eigenvalue weighted by Crippen LogP contribution is 2.12. The zero-order chi connectivity index (χ0) is 12.1. The average Bonchev–Trinajstić information content (AvgIpc) is 2.38. The minimum atomic E-state index is 0.604. The van der Waals surface area contributed by atoms with Gasteiger partial charge in [0, 0.05) is 12.3 Å². The van der Waals surface area contributed by atoms with E-state index in [4.69, 9.17) is 4.74 Å². The molecule has 0 aliphatic heterocycles. The van der Waals surface area contributed by atoms with Gasteiger partial charge in [-0.15, -0.1) is 0 Å². The Morgan fingerprint density at radius 1 is 1.24 bits per heavy atom. The highest BCUT2D eigenvalue weighted by Gasteiger charge is 2.00. The first kappa shape index (κ1) is 11.4. The second kappa shape index (κ2) is 5.30. The van der Waals surface area contributed by atoms with E-state index < -0.39 is 0 Å². The Bertz CT molecular complexity index is 500. The van der Waals surface area contributed by atoms with Crippen molar-refractivity contribution in [3.8, 4) is 5.88 Å². The summed E-state index contributed by atoms with van der Waals surface area (Å²) < 4.78 is 5.06. The van der Waals surface area contributed by atoms with E-state index in [1.165, 1.54) is 5.56 Å². The van der Waals surface area contributed by atoms with Crippen LogP contribution in [0.4, 0.5) is 5.82 Å². The number of rotatable bonds is 4. The number of hydrogen-bond donors (Lipinski definition) is 1. The van der Waals surface area contributed by atoms with Gasteiger partial charge in [0.25, 0.3) is 0 Å². The largest absolute Gasteiger partial charge is 0.481 e. The number of methoxy groups -OCH3 is 1. The van der Waals surface area contributed by atoms with Crippen molar-refractivity contribution < 1.29 is 4.74 Å². The molecule has 0 radical (unpaired) electrons. The lowest BCUT2D eigenvalue weighted by Gasteiger charge is -2.08. The van der Waals surface area contributed by atoms with Gasteiger partial charge in [-0.05, 0) is 24.6 Å². The smallest absolute Gasteiger partial charge is 0.214 e. The van der Waals surface area contributed by atoms with Gasteiger partial charge in [-0.1, -0.05) is 12.1 Å².